The Balaban J connectivity index is 1.53. The van der Waals surface area contributed by atoms with E-state index in [1.54, 1.807) is 14.2 Å². The summed E-state index contributed by atoms with van der Waals surface area (Å²) in [6, 6.07) is 13.5. The van der Waals surface area contributed by atoms with Crippen molar-refractivity contribution in [1.29, 1.82) is 0 Å². The smallest absolute Gasteiger partial charge is 0.224 e. The fraction of sp³-hybridized carbons (Fsp3) is 0.417. The average Bonchev–Trinajstić information content (AvgIpc) is 3.27. The molecule has 0 bridgehead atoms. The molecule has 6 heteroatoms. The van der Waals surface area contributed by atoms with Crippen LogP contribution in [-0.4, -0.2) is 44.0 Å². The van der Waals surface area contributed by atoms with Gasteiger partial charge >= 0.3 is 0 Å². The monoisotopic (exact) mass is 410 g/mol. The molecule has 1 heterocycles. The van der Waals surface area contributed by atoms with E-state index in [1.165, 1.54) is 5.56 Å². The lowest BCUT2D eigenvalue weighted by Gasteiger charge is -2.18. The van der Waals surface area contributed by atoms with Crippen LogP contribution in [0.3, 0.4) is 0 Å². The highest BCUT2D eigenvalue weighted by molar-refractivity contribution is 5.93. The van der Waals surface area contributed by atoms with Crippen LogP contribution < -0.4 is 14.8 Å². The number of rotatable bonds is 8. The van der Waals surface area contributed by atoms with E-state index in [-0.39, 0.29) is 30.6 Å². The van der Waals surface area contributed by atoms with Crippen molar-refractivity contribution in [2.45, 2.75) is 38.5 Å². The summed E-state index contributed by atoms with van der Waals surface area (Å²) in [6.45, 7) is 3.39. The molecule has 1 aliphatic rings. The summed E-state index contributed by atoms with van der Waals surface area (Å²) in [5.74, 6) is 1.66. The number of nitrogens with zero attached hydrogens (tertiary/aromatic N) is 1. The Labute approximate surface area is 178 Å². The van der Waals surface area contributed by atoms with Gasteiger partial charge in [0.05, 0.1) is 14.2 Å². The van der Waals surface area contributed by atoms with Gasteiger partial charge in [-0.3, -0.25) is 9.59 Å². The van der Waals surface area contributed by atoms with Gasteiger partial charge in [0.25, 0.3) is 0 Å². The third kappa shape index (κ3) is 5.32. The van der Waals surface area contributed by atoms with Crippen molar-refractivity contribution in [1.82, 2.24) is 4.90 Å². The molecule has 1 unspecified atom stereocenters. The second kappa shape index (κ2) is 10.1. The number of anilines is 1. The van der Waals surface area contributed by atoms with Crippen molar-refractivity contribution in [3.05, 3.63) is 53.6 Å². The van der Waals surface area contributed by atoms with Crippen LogP contribution in [-0.2, 0) is 16.0 Å². The molecule has 6 nitrogen and oxygen atoms in total. The Hall–Kier alpha value is -3.02. The first-order valence-electron chi connectivity index (χ1n) is 10.4. The molecule has 1 aliphatic heterocycles. The van der Waals surface area contributed by atoms with Gasteiger partial charge in [-0.15, -0.1) is 0 Å². The number of carbonyl (C=O) groups is 2. The summed E-state index contributed by atoms with van der Waals surface area (Å²) in [5.41, 5.74) is 3.00. The minimum Gasteiger partial charge on any atom is -0.497 e. The highest BCUT2D eigenvalue weighted by atomic mass is 16.5. The van der Waals surface area contributed by atoms with Gasteiger partial charge in [0.2, 0.25) is 11.8 Å². The molecule has 0 spiro atoms. The molecule has 30 heavy (non-hydrogen) atoms. The Bertz CT molecular complexity index is 897. The Morgan fingerprint density at radius 3 is 2.67 bits per heavy atom. The molecule has 0 radical (unpaired) electrons. The zero-order valence-corrected chi connectivity index (χ0v) is 17.9. The van der Waals surface area contributed by atoms with Crippen molar-refractivity contribution in [3.63, 3.8) is 0 Å². The maximum absolute atomic E-state index is 12.6. The SMILES string of the molecule is CCc1cccc(NC(=O)CCC(=O)N2CCC(c3cc(OC)ccc3OC)C2)c1. The van der Waals surface area contributed by atoms with Gasteiger partial charge in [-0.05, 0) is 48.7 Å². The number of hydrogen-bond acceptors (Lipinski definition) is 4. The number of hydrogen-bond donors (Lipinski definition) is 1. The maximum Gasteiger partial charge on any atom is 0.224 e. The first-order valence-corrected chi connectivity index (χ1v) is 10.4. The molecular formula is C24H30N2O4. The van der Waals surface area contributed by atoms with E-state index in [4.69, 9.17) is 9.47 Å². The molecule has 160 valence electrons. The quantitative estimate of drug-likeness (QED) is 0.714. The van der Waals surface area contributed by atoms with Crippen molar-refractivity contribution in [2.24, 2.45) is 0 Å². The molecule has 0 saturated carbocycles. The molecular weight excluding hydrogens is 380 g/mol. The second-order valence-electron chi connectivity index (χ2n) is 7.54. The van der Waals surface area contributed by atoms with Crippen LogP contribution in [0.1, 0.15) is 43.2 Å². The molecule has 1 N–H and O–H groups in total. The van der Waals surface area contributed by atoms with Gasteiger partial charge in [-0.25, -0.2) is 0 Å². The summed E-state index contributed by atoms with van der Waals surface area (Å²) in [6.07, 6.45) is 2.17. The standard InChI is InChI=1S/C24H30N2O4/c1-4-17-6-5-7-19(14-17)25-23(27)10-11-24(28)26-13-12-18(16-26)21-15-20(29-2)8-9-22(21)30-3/h5-9,14-15,18H,4,10-13,16H2,1-3H3,(H,25,27). The summed E-state index contributed by atoms with van der Waals surface area (Å²) in [7, 11) is 3.29. The number of likely N-dealkylation sites (tertiary alicyclic amines) is 1. The number of benzene rings is 2. The first-order chi connectivity index (χ1) is 14.5. The van der Waals surface area contributed by atoms with Crippen LogP contribution in [0.25, 0.3) is 0 Å². The van der Waals surface area contributed by atoms with Crippen LogP contribution >= 0.6 is 0 Å². The predicted molar refractivity (Wildman–Crippen MR) is 117 cm³/mol. The zero-order chi connectivity index (χ0) is 21.5. The summed E-state index contributed by atoms with van der Waals surface area (Å²) in [4.78, 5) is 26.7. The molecule has 1 saturated heterocycles. The third-order valence-corrected chi connectivity index (χ3v) is 5.60. The number of amides is 2. The van der Waals surface area contributed by atoms with Crippen LogP contribution in [0, 0.1) is 0 Å². The molecule has 1 atom stereocenters. The van der Waals surface area contributed by atoms with E-state index < -0.39 is 0 Å². The van der Waals surface area contributed by atoms with E-state index in [0.29, 0.717) is 13.1 Å². The van der Waals surface area contributed by atoms with Crippen molar-refractivity contribution in [2.75, 3.05) is 32.6 Å². The van der Waals surface area contributed by atoms with Gasteiger partial charge in [0.1, 0.15) is 11.5 Å². The second-order valence-corrected chi connectivity index (χ2v) is 7.54. The van der Waals surface area contributed by atoms with Gasteiger partial charge in [0.15, 0.2) is 0 Å². The van der Waals surface area contributed by atoms with E-state index in [1.807, 2.05) is 47.4 Å². The normalized spacial score (nSPS) is 15.7. The van der Waals surface area contributed by atoms with Crippen LogP contribution in [0.5, 0.6) is 11.5 Å². The minimum absolute atomic E-state index is 0.0109. The molecule has 3 rings (SSSR count). The van der Waals surface area contributed by atoms with E-state index in [9.17, 15) is 9.59 Å². The average molecular weight is 411 g/mol. The molecule has 2 aromatic rings. The lowest BCUT2D eigenvalue weighted by molar-refractivity contribution is -0.131. The summed E-state index contributed by atoms with van der Waals surface area (Å²) >= 11 is 0. The number of nitrogens with one attached hydrogen (secondary N) is 1. The van der Waals surface area contributed by atoms with Gasteiger partial charge < -0.3 is 19.7 Å². The maximum atomic E-state index is 12.6. The lowest BCUT2D eigenvalue weighted by Crippen LogP contribution is -2.29. The Morgan fingerprint density at radius 1 is 1.10 bits per heavy atom. The van der Waals surface area contributed by atoms with E-state index in [2.05, 4.69) is 12.2 Å². The largest absolute Gasteiger partial charge is 0.497 e. The Kier molecular flexibility index (Phi) is 7.33. The third-order valence-electron chi connectivity index (χ3n) is 5.60. The minimum atomic E-state index is -0.137. The highest BCUT2D eigenvalue weighted by Gasteiger charge is 2.29. The number of aryl methyl sites for hydroxylation is 1. The fourth-order valence-corrected chi connectivity index (χ4v) is 3.87. The van der Waals surface area contributed by atoms with Crippen molar-refractivity contribution < 1.29 is 19.1 Å². The van der Waals surface area contributed by atoms with Gasteiger partial charge in [-0.1, -0.05) is 19.1 Å². The van der Waals surface area contributed by atoms with E-state index in [0.717, 1.165) is 35.6 Å². The number of carbonyl (C=O) groups excluding carboxylic acids is 2. The molecule has 0 aliphatic carbocycles. The van der Waals surface area contributed by atoms with Crippen LogP contribution in [0.2, 0.25) is 0 Å². The topological polar surface area (TPSA) is 67.9 Å². The molecule has 2 aromatic carbocycles. The summed E-state index contributed by atoms with van der Waals surface area (Å²) in [5, 5.41) is 2.88. The van der Waals surface area contributed by atoms with Gasteiger partial charge in [-0.2, -0.15) is 0 Å². The Morgan fingerprint density at radius 2 is 1.93 bits per heavy atom. The number of ether oxygens (including phenoxy) is 2. The van der Waals surface area contributed by atoms with E-state index >= 15 is 0 Å². The molecule has 1 fully saturated rings. The summed E-state index contributed by atoms with van der Waals surface area (Å²) < 4.78 is 10.8. The first kappa shape index (κ1) is 21.7. The predicted octanol–water partition coefficient (Wildman–Crippen LogP) is 4.00. The molecule has 0 aromatic heterocycles. The van der Waals surface area contributed by atoms with Crippen molar-refractivity contribution in [3.8, 4) is 11.5 Å². The van der Waals surface area contributed by atoms with Crippen molar-refractivity contribution >= 4 is 17.5 Å². The highest BCUT2D eigenvalue weighted by Crippen LogP contribution is 2.36. The van der Waals surface area contributed by atoms with Crippen LogP contribution in [0.15, 0.2) is 42.5 Å². The number of methoxy groups -OCH3 is 2. The van der Waals surface area contributed by atoms with Crippen LogP contribution in [0.4, 0.5) is 5.69 Å². The van der Waals surface area contributed by atoms with Gasteiger partial charge in [0, 0.05) is 43.1 Å². The zero-order valence-electron chi connectivity index (χ0n) is 17.9. The molecule has 2 amide bonds. The fourth-order valence-electron chi connectivity index (χ4n) is 3.87. The lowest BCUT2D eigenvalue weighted by atomic mass is 9.97.